The van der Waals surface area contributed by atoms with Crippen LogP contribution in [0.1, 0.15) is 6.92 Å². The predicted molar refractivity (Wildman–Crippen MR) is 59.1 cm³/mol. The number of hydrogen-bond acceptors (Lipinski definition) is 6. The lowest BCUT2D eigenvalue weighted by Crippen LogP contribution is -2.46. The first kappa shape index (κ1) is 11.9. The van der Waals surface area contributed by atoms with Crippen molar-refractivity contribution in [2.75, 3.05) is 6.61 Å². The van der Waals surface area contributed by atoms with E-state index in [4.69, 9.17) is 13.7 Å². The van der Waals surface area contributed by atoms with Crippen LogP contribution in [0.5, 0.6) is 0 Å². The van der Waals surface area contributed by atoms with Crippen LogP contribution in [0.2, 0.25) is 0 Å². The first-order valence-corrected chi connectivity index (χ1v) is 7.74. The van der Waals surface area contributed by atoms with Crippen molar-refractivity contribution in [3.05, 3.63) is 0 Å². The molecule has 3 fully saturated rings. The largest absolute Gasteiger partial charge is 0.466 e. The topological polar surface area (TPSA) is 78.9 Å². The number of rotatable bonds is 2. The molecule has 6 nitrogen and oxygen atoms in total. The molecule has 0 radical (unpaired) electrons. The zero-order chi connectivity index (χ0) is 12.4. The zero-order valence-electron chi connectivity index (χ0n) is 8.91. The normalized spacial score (nSPS) is 49.5. The summed E-state index contributed by atoms with van der Waals surface area (Å²) in [5.41, 5.74) is 0. The molecule has 8 heteroatoms. The Morgan fingerprint density at radius 3 is 2.71 bits per heavy atom. The average molecular weight is 327 g/mol. The maximum atomic E-state index is 11.8. The van der Waals surface area contributed by atoms with Crippen LogP contribution in [-0.4, -0.2) is 49.4 Å². The molecule has 0 aromatic carbocycles. The van der Waals surface area contributed by atoms with Gasteiger partial charge in [-0.1, -0.05) is 15.9 Å². The van der Waals surface area contributed by atoms with Gasteiger partial charge in [0.1, 0.15) is 23.4 Å². The van der Waals surface area contributed by atoms with Crippen LogP contribution in [0, 0.1) is 5.92 Å². The minimum Gasteiger partial charge on any atom is -0.466 e. The molecule has 17 heavy (non-hydrogen) atoms. The van der Waals surface area contributed by atoms with Crippen molar-refractivity contribution in [1.82, 2.24) is 0 Å². The van der Waals surface area contributed by atoms with Crippen molar-refractivity contribution in [2.24, 2.45) is 5.92 Å². The number of alkyl halides is 1. The van der Waals surface area contributed by atoms with Crippen LogP contribution in [-0.2, 0) is 28.6 Å². The third-order valence-corrected chi connectivity index (χ3v) is 6.20. The van der Waals surface area contributed by atoms with E-state index in [1.165, 1.54) is 0 Å². The Morgan fingerprint density at radius 2 is 2.06 bits per heavy atom. The summed E-state index contributed by atoms with van der Waals surface area (Å²) in [7, 11) is -3.73. The van der Waals surface area contributed by atoms with Crippen LogP contribution in [0.3, 0.4) is 0 Å². The fourth-order valence-electron chi connectivity index (χ4n) is 2.82. The van der Waals surface area contributed by atoms with E-state index >= 15 is 0 Å². The molecule has 0 aliphatic carbocycles. The molecule has 3 saturated heterocycles. The minimum absolute atomic E-state index is 0.219. The maximum Gasteiger partial charge on any atom is 0.313 e. The zero-order valence-corrected chi connectivity index (χ0v) is 11.3. The molecule has 0 aromatic heterocycles. The molecule has 0 aromatic rings. The minimum atomic E-state index is -3.73. The molecule has 0 saturated carbocycles. The summed E-state index contributed by atoms with van der Waals surface area (Å²) in [5.74, 6) is -1.31. The average Bonchev–Trinajstić information content (AvgIpc) is 2.81. The summed E-state index contributed by atoms with van der Waals surface area (Å²) >= 11 is 3.34. The summed E-state index contributed by atoms with van der Waals surface area (Å²) in [6, 6.07) is 0. The van der Waals surface area contributed by atoms with Gasteiger partial charge in [0.15, 0.2) is 0 Å². The summed E-state index contributed by atoms with van der Waals surface area (Å²) in [5, 5.41) is -0.912. The Balaban J connectivity index is 1.99. The monoisotopic (exact) mass is 326 g/mol. The molecular weight excluding hydrogens is 316 g/mol. The summed E-state index contributed by atoms with van der Waals surface area (Å²) in [4.78, 5) is 11.5. The van der Waals surface area contributed by atoms with Gasteiger partial charge >= 0.3 is 5.97 Å². The van der Waals surface area contributed by atoms with Gasteiger partial charge in [-0.2, -0.15) is 8.42 Å². The molecular formula is C9H11BrO6S. The van der Waals surface area contributed by atoms with Gasteiger partial charge in [-0.15, -0.1) is 0 Å². The number of carbonyl (C=O) groups is 1. The number of carbonyl (C=O) groups excluding carboxylic acids is 1. The number of halogens is 1. The number of fused-ring (bicyclic) bond motifs is 1. The lowest BCUT2D eigenvalue weighted by atomic mass is 9.87. The number of hydrogen-bond donors (Lipinski definition) is 0. The van der Waals surface area contributed by atoms with Crippen molar-refractivity contribution in [2.45, 2.75) is 35.3 Å². The van der Waals surface area contributed by atoms with Crippen LogP contribution in [0.4, 0.5) is 0 Å². The standard InChI is InChI=1S/C9H11BrO6S/c1-2-14-9(11)3-5-4(10)6-7(15-5)8(3)17(12,13)16-6/h3-8H,2H2,1H3/t3-,4+,5-,6-,7+,8-/m1/s1. The van der Waals surface area contributed by atoms with Gasteiger partial charge in [-0.3, -0.25) is 8.98 Å². The summed E-state index contributed by atoms with van der Waals surface area (Å²) < 4.78 is 39.1. The van der Waals surface area contributed by atoms with Gasteiger partial charge in [0.05, 0.1) is 17.5 Å². The lowest BCUT2D eigenvalue weighted by Gasteiger charge is -2.23. The van der Waals surface area contributed by atoms with Crippen molar-refractivity contribution in [3.63, 3.8) is 0 Å². The van der Waals surface area contributed by atoms with Crippen LogP contribution < -0.4 is 0 Å². The summed E-state index contributed by atoms with van der Waals surface area (Å²) in [6.45, 7) is 1.90. The fourth-order valence-corrected chi connectivity index (χ4v) is 5.66. The van der Waals surface area contributed by atoms with E-state index in [1.807, 2.05) is 0 Å². The van der Waals surface area contributed by atoms with Gasteiger partial charge in [0.25, 0.3) is 10.1 Å². The fraction of sp³-hybridized carbons (Fsp3) is 0.889. The predicted octanol–water partition coefficient (Wildman–Crippen LogP) is -0.193. The SMILES string of the molecule is CCOC(=O)[C@@H]1[C@H]2O[C@H]3[C@H](OS(=O)(=O)[C@@H]31)[C@H]2Br. The van der Waals surface area contributed by atoms with Crippen molar-refractivity contribution < 1.29 is 26.9 Å². The van der Waals surface area contributed by atoms with Gasteiger partial charge in [0, 0.05) is 0 Å². The Kier molecular flexibility index (Phi) is 2.56. The second-order valence-corrected chi connectivity index (χ2v) is 7.09. The van der Waals surface area contributed by atoms with E-state index in [-0.39, 0.29) is 11.4 Å². The molecule has 0 unspecified atom stereocenters. The smallest absolute Gasteiger partial charge is 0.313 e. The Morgan fingerprint density at radius 1 is 1.35 bits per heavy atom. The molecule has 96 valence electrons. The highest BCUT2D eigenvalue weighted by Crippen LogP contribution is 2.52. The molecule has 0 N–H and O–H groups in total. The highest BCUT2D eigenvalue weighted by Gasteiger charge is 2.72. The van der Waals surface area contributed by atoms with E-state index in [1.54, 1.807) is 6.92 Å². The maximum absolute atomic E-state index is 11.8. The van der Waals surface area contributed by atoms with Crippen LogP contribution >= 0.6 is 15.9 Å². The molecule has 0 spiro atoms. The number of esters is 1. The highest BCUT2D eigenvalue weighted by atomic mass is 79.9. The third-order valence-electron chi connectivity index (χ3n) is 3.43. The highest BCUT2D eigenvalue weighted by molar-refractivity contribution is 9.09. The first-order valence-electron chi connectivity index (χ1n) is 5.35. The van der Waals surface area contributed by atoms with Gasteiger partial charge in [-0.05, 0) is 6.92 Å². The van der Waals surface area contributed by atoms with E-state index in [0.717, 1.165) is 0 Å². The van der Waals surface area contributed by atoms with Crippen LogP contribution in [0.25, 0.3) is 0 Å². The molecule has 2 bridgehead atoms. The molecule has 3 aliphatic heterocycles. The lowest BCUT2D eigenvalue weighted by molar-refractivity contribution is -0.149. The Hall–Kier alpha value is -0.180. The van der Waals surface area contributed by atoms with E-state index in [0.29, 0.717) is 0 Å². The van der Waals surface area contributed by atoms with E-state index < -0.39 is 45.6 Å². The second-order valence-electron chi connectivity index (χ2n) is 4.31. The van der Waals surface area contributed by atoms with Gasteiger partial charge in [0.2, 0.25) is 0 Å². The molecule has 3 rings (SSSR count). The Bertz CT molecular complexity index is 462. The van der Waals surface area contributed by atoms with Crippen molar-refractivity contribution in [3.8, 4) is 0 Å². The number of ether oxygens (including phenoxy) is 2. The third kappa shape index (κ3) is 1.44. The Labute approximate surface area is 107 Å². The van der Waals surface area contributed by atoms with E-state index in [2.05, 4.69) is 15.9 Å². The molecule has 3 aliphatic rings. The second kappa shape index (κ2) is 3.66. The van der Waals surface area contributed by atoms with Crippen LogP contribution in [0.15, 0.2) is 0 Å². The van der Waals surface area contributed by atoms with E-state index in [9.17, 15) is 13.2 Å². The molecule has 6 atom stereocenters. The summed E-state index contributed by atoms with van der Waals surface area (Å²) in [6.07, 6.45) is -1.55. The first-order chi connectivity index (χ1) is 7.97. The van der Waals surface area contributed by atoms with Crippen molar-refractivity contribution >= 4 is 32.0 Å². The quantitative estimate of drug-likeness (QED) is 0.397. The van der Waals surface area contributed by atoms with Gasteiger partial charge in [-0.25, -0.2) is 0 Å². The van der Waals surface area contributed by atoms with Gasteiger partial charge < -0.3 is 9.47 Å². The molecule has 3 heterocycles. The van der Waals surface area contributed by atoms with Crippen molar-refractivity contribution in [1.29, 1.82) is 0 Å². The molecule has 0 amide bonds.